The van der Waals surface area contributed by atoms with Crippen molar-refractivity contribution in [3.8, 4) is 0 Å². The van der Waals surface area contributed by atoms with Crippen molar-refractivity contribution in [2.45, 2.75) is 51.2 Å². The molecular formula is C11H21NO. The van der Waals surface area contributed by atoms with Gasteiger partial charge in [-0.05, 0) is 49.9 Å². The van der Waals surface area contributed by atoms with E-state index in [1.807, 2.05) is 0 Å². The highest BCUT2D eigenvalue weighted by atomic mass is 16.3. The van der Waals surface area contributed by atoms with Crippen molar-refractivity contribution >= 4 is 0 Å². The lowest BCUT2D eigenvalue weighted by atomic mass is 9.64. The van der Waals surface area contributed by atoms with Crippen LogP contribution < -0.4 is 5.73 Å². The van der Waals surface area contributed by atoms with Crippen LogP contribution in [0.25, 0.3) is 0 Å². The summed E-state index contributed by atoms with van der Waals surface area (Å²) in [5.74, 6) is 2.07. The van der Waals surface area contributed by atoms with Gasteiger partial charge in [0.15, 0.2) is 0 Å². The van der Waals surface area contributed by atoms with E-state index in [2.05, 4.69) is 6.92 Å². The first-order valence-electron chi connectivity index (χ1n) is 5.62. The fraction of sp³-hybridized carbons (Fsp3) is 1.00. The Morgan fingerprint density at radius 3 is 2.69 bits per heavy atom. The van der Waals surface area contributed by atoms with Crippen molar-refractivity contribution < 1.29 is 5.11 Å². The Labute approximate surface area is 80.5 Å². The summed E-state index contributed by atoms with van der Waals surface area (Å²) < 4.78 is 0. The molecule has 2 heteroatoms. The SMILES string of the molecule is CC1C(O)CCC2C[C@H](N)CC[C@@H]21. The monoisotopic (exact) mass is 183 g/mol. The molecule has 2 aliphatic rings. The van der Waals surface area contributed by atoms with E-state index in [4.69, 9.17) is 5.73 Å². The number of hydrogen-bond donors (Lipinski definition) is 2. The molecule has 13 heavy (non-hydrogen) atoms. The Hall–Kier alpha value is -0.0800. The van der Waals surface area contributed by atoms with Crippen LogP contribution >= 0.6 is 0 Å². The van der Waals surface area contributed by atoms with Crippen LogP contribution in [0.2, 0.25) is 0 Å². The summed E-state index contributed by atoms with van der Waals surface area (Å²) in [7, 11) is 0. The average molecular weight is 183 g/mol. The van der Waals surface area contributed by atoms with Crippen LogP contribution in [0.4, 0.5) is 0 Å². The second-order valence-corrected chi connectivity index (χ2v) is 5.00. The molecule has 0 aromatic rings. The predicted octanol–water partition coefficient (Wildman–Crippen LogP) is 1.52. The molecule has 3 unspecified atom stereocenters. The quantitative estimate of drug-likeness (QED) is 0.598. The molecule has 2 rings (SSSR count). The summed E-state index contributed by atoms with van der Waals surface area (Å²) in [5.41, 5.74) is 5.96. The van der Waals surface area contributed by atoms with Crippen molar-refractivity contribution in [3.63, 3.8) is 0 Å². The highest BCUT2D eigenvalue weighted by molar-refractivity contribution is 4.90. The second kappa shape index (κ2) is 3.58. The maximum absolute atomic E-state index is 9.75. The first kappa shape index (κ1) is 9.47. The summed E-state index contributed by atoms with van der Waals surface area (Å²) in [6.45, 7) is 2.21. The maximum Gasteiger partial charge on any atom is 0.0568 e. The molecule has 5 atom stereocenters. The standard InChI is InChI=1S/C11H21NO/c1-7-10-4-3-9(12)6-8(10)2-5-11(7)13/h7-11,13H,2-6,12H2,1H3/t7?,8?,9-,10-,11?/m1/s1. The Kier molecular flexibility index (Phi) is 2.61. The first-order chi connectivity index (χ1) is 6.18. The normalized spacial score (nSPS) is 51.5. The third kappa shape index (κ3) is 1.75. The average Bonchev–Trinajstić information content (AvgIpc) is 2.12. The molecule has 0 heterocycles. The van der Waals surface area contributed by atoms with E-state index >= 15 is 0 Å². The maximum atomic E-state index is 9.75. The number of fused-ring (bicyclic) bond motifs is 1. The molecule has 0 spiro atoms. The topological polar surface area (TPSA) is 46.2 Å². The first-order valence-corrected chi connectivity index (χ1v) is 5.62. The lowest BCUT2D eigenvalue weighted by Gasteiger charge is -2.44. The van der Waals surface area contributed by atoms with E-state index in [9.17, 15) is 5.11 Å². The highest BCUT2D eigenvalue weighted by Crippen LogP contribution is 2.43. The Bertz CT molecular complexity index is 183. The zero-order valence-corrected chi connectivity index (χ0v) is 8.45. The van der Waals surface area contributed by atoms with Gasteiger partial charge in [0, 0.05) is 6.04 Å². The Morgan fingerprint density at radius 1 is 1.15 bits per heavy atom. The molecule has 0 aliphatic heterocycles. The minimum Gasteiger partial charge on any atom is -0.393 e. The van der Waals surface area contributed by atoms with Gasteiger partial charge in [0.25, 0.3) is 0 Å². The van der Waals surface area contributed by atoms with E-state index in [0.29, 0.717) is 12.0 Å². The summed E-state index contributed by atoms with van der Waals surface area (Å²) in [5, 5.41) is 9.75. The molecule has 0 radical (unpaired) electrons. The zero-order valence-electron chi connectivity index (χ0n) is 8.45. The van der Waals surface area contributed by atoms with Crippen LogP contribution in [0, 0.1) is 17.8 Å². The van der Waals surface area contributed by atoms with Crippen molar-refractivity contribution in [1.82, 2.24) is 0 Å². The number of aliphatic hydroxyl groups is 1. The molecule has 0 aromatic heterocycles. The van der Waals surface area contributed by atoms with Gasteiger partial charge in [-0.1, -0.05) is 6.92 Å². The van der Waals surface area contributed by atoms with Gasteiger partial charge in [0.05, 0.1) is 6.10 Å². The number of nitrogens with two attached hydrogens (primary N) is 1. The van der Waals surface area contributed by atoms with E-state index in [-0.39, 0.29) is 6.10 Å². The second-order valence-electron chi connectivity index (χ2n) is 5.00. The molecule has 0 saturated heterocycles. The fourth-order valence-corrected chi connectivity index (χ4v) is 3.28. The largest absolute Gasteiger partial charge is 0.393 e. The zero-order chi connectivity index (χ0) is 9.42. The molecule has 2 saturated carbocycles. The van der Waals surface area contributed by atoms with Crippen molar-refractivity contribution in [1.29, 1.82) is 0 Å². The minimum atomic E-state index is -0.0458. The number of hydrogen-bond acceptors (Lipinski definition) is 2. The van der Waals surface area contributed by atoms with E-state index in [1.54, 1.807) is 0 Å². The predicted molar refractivity (Wildman–Crippen MR) is 53.2 cm³/mol. The van der Waals surface area contributed by atoms with Gasteiger partial charge in [0.2, 0.25) is 0 Å². The number of aliphatic hydroxyl groups excluding tert-OH is 1. The van der Waals surface area contributed by atoms with Crippen molar-refractivity contribution in [2.24, 2.45) is 23.5 Å². The summed E-state index contributed by atoms with van der Waals surface area (Å²) in [6.07, 6.45) is 5.75. The number of rotatable bonds is 0. The summed E-state index contributed by atoms with van der Waals surface area (Å²) in [6, 6.07) is 0.434. The summed E-state index contributed by atoms with van der Waals surface area (Å²) in [4.78, 5) is 0. The molecular weight excluding hydrogens is 162 g/mol. The van der Waals surface area contributed by atoms with E-state index < -0.39 is 0 Å². The Balaban J connectivity index is 2.02. The van der Waals surface area contributed by atoms with Gasteiger partial charge in [-0.3, -0.25) is 0 Å². The highest BCUT2D eigenvalue weighted by Gasteiger charge is 2.38. The van der Waals surface area contributed by atoms with Crippen LogP contribution in [-0.2, 0) is 0 Å². The lowest BCUT2D eigenvalue weighted by molar-refractivity contribution is -0.00919. The van der Waals surface area contributed by atoms with Gasteiger partial charge in [-0.25, -0.2) is 0 Å². The smallest absolute Gasteiger partial charge is 0.0568 e. The fourth-order valence-electron chi connectivity index (χ4n) is 3.28. The lowest BCUT2D eigenvalue weighted by Crippen LogP contribution is -2.42. The van der Waals surface area contributed by atoms with Gasteiger partial charge < -0.3 is 10.8 Å². The van der Waals surface area contributed by atoms with Crippen LogP contribution in [0.3, 0.4) is 0 Å². The van der Waals surface area contributed by atoms with Gasteiger partial charge in [0.1, 0.15) is 0 Å². The molecule has 3 N–H and O–H groups in total. The van der Waals surface area contributed by atoms with Crippen molar-refractivity contribution in [3.05, 3.63) is 0 Å². The molecule has 0 bridgehead atoms. The van der Waals surface area contributed by atoms with Crippen LogP contribution in [-0.4, -0.2) is 17.3 Å². The van der Waals surface area contributed by atoms with E-state index in [0.717, 1.165) is 24.7 Å². The Morgan fingerprint density at radius 2 is 1.92 bits per heavy atom. The van der Waals surface area contributed by atoms with Crippen molar-refractivity contribution in [2.75, 3.05) is 0 Å². The van der Waals surface area contributed by atoms with E-state index in [1.165, 1.54) is 19.3 Å². The van der Waals surface area contributed by atoms with Gasteiger partial charge >= 0.3 is 0 Å². The van der Waals surface area contributed by atoms with Crippen LogP contribution in [0.5, 0.6) is 0 Å². The third-order valence-corrected chi connectivity index (χ3v) is 4.20. The third-order valence-electron chi connectivity index (χ3n) is 4.20. The molecule has 2 aliphatic carbocycles. The summed E-state index contributed by atoms with van der Waals surface area (Å²) >= 11 is 0. The molecule has 2 nitrogen and oxygen atoms in total. The minimum absolute atomic E-state index is 0.0458. The molecule has 0 amide bonds. The molecule has 0 aromatic carbocycles. The van der Waals surface area contributed by atoms with Gasteiger partial charge in [-0.2, -0.15) is 0 Å². The molecule has 76 valence electrons. The molecule has 2 fully saturated rings. The van der Waals surface area contributed by atoms with Gasteiger partial charge in [-0.15, -0.1) is 0 Å². The van der Waals surface area contributed by atoms with Crippen LogP contribution in [0.1, 0.15) is 39.0 Å². The van der Waals surface area contributed by atoms with Crippen LogP contribution in [0.15, 0.2) is 0 Å².